The zero-order valence-electron chi connectivity index (χ0n) is 6.93. The van der Waals surface area contributed by atoms with Gasteiger partial charge in [0.05, 0.1) is 6.67 Å². The Morgan fingerprint density at radius 3 is 3.00 bits per heavy atom. The van der Waals surface area contributed by atoms with Crippen molar-refractivity contribution in [3.05, 3.63) is 0 Å². The first-order valence-electron chi connectivity index (χ1n) is 4.35. The summed E-state index contributed by atoms with van der Waals surface area (Å²) in [4.78, 5) is 2.26. The van der Waals surface area contributed by atoms with Crippen molar-refractivity contribution < 1.29 is 4.39 Å². The minimum absolute atomic E-state index is 0.166. The lowest BCUT2D eigenvalue weighted by Crippen LogP contribution is -2.39. The third-order valence-corrected chi connectivity index (χ3v) is 2.27. The average molecular weight is 160 g/mol. The Balaban J connectivity index is 2.21. The van der Waals surface area contributed by atoms with Gasteiger partial charge in [-0.2, -0.15) is 0 Å². The molecule has 1 unspecified atom stereocenters. The SMILES string of the molecule is NCCN1CCCC(CF)C1. The molecule has 0 spiro atoms. The van der Waals surface area contributed by atoms with Crippen LogP contribution < -0.4 is 5.73 Å². The predicted molar refractivity (Wildman–Crippen MR) is 44.2 cm³/mol. The van der Waals surface area contributed by atoms with Crippen LogP contribution in [0.4, 0.5) is 4.39 Å². The maximum absolute atomic E-state index is 12.2. The molecular formula is C8H17FN2. The zero-order chi connectivity index (χ0) is 8.10. The van der Waals surface area contributed by atoms with Crippen LogP contribution >= 0.6 is 0 Å². The van der Waals surface area contributed by atoms with Crippen LogP contribution in [0.25, 0.3) is 0 Å². The molecule has 0 aromatic carbocycles. The first kappa shape index (κ1) is 8.94. The van der Waals surface area contributed by atoms with Crippen molar-refractivity contribution in [1.82, 2.24) is 4.90 Å². The van der Waals surface area contributed by atoms with Crippen molar-refractivity contribution in [1.29, 1.82) is 0 Å². The summed E-state index contributed by atoms with van der Waals surface area (Å²) < 4.78 is 12.2. The van der Waals surface area contributed by atoms with Crippen molar-refractivity contribution in [2.24, 2.45) is 11.7 Å². The molecule has 2 nitrogen and oxygen atoms in total. The van der Waals surface area contributed by atoms with Gasteiger partial charge in [0.25, 0.3) is 0 Å². The average Bonchev–Trinajstić information content (AvgIpc) is 2.06. The number of rotatable bonds is 3. The fourth-order valence-corrected chi connectivity index (χ4v) is 1.66. The lowest BCUT2D eigenvalue weighted by molar-refractivity contribution is 0.157. The highest BCUT2D eigenvalue weighted by Gasteiger charge is 2.18. The Labute approximate surface area is 67.6 Å². The van der Waals surface area contributed by atoms with Crippen LogP contribution in [-0.2, 0) is 0 Å². The Bertz CT molecular complexity index is 106. The van der Waals surface area contributed by atoms with Crippen molar-refractivity contribution in [3.63, 3.8) is 0 Å². The molecule has 0 aromatic heterocycles. The van der Waals surface area contributed by atoms with E-state index < -0.39 is 0 Å². The molecule has 1 heterocycles. The van der Waals surface area contributed by atoms with Crippen LogP contribution in [0.1, 0.15) is 12.8 Å². The van der Waals surface area contributed by atoms with Crippen molar-refractivity contribution in [2.75, 3.05) is 32.9 Å². The van der Waals surface area contributed by atoms with Gasteiger partial charge in [-0.15, -0.1) is 0 Å². The van der Waals surface area contributed by atoms with E-state index in [0.29, 0.717) is 6.54 Å². The van der Waals surface area contributed by atoms with E-state index in [-0.39, 0.29) is 12.6 Å². The van der Waals surface area contributed by atoms with Crippen LogP contribution in [0.15, 0.2) is 0 Å². The number of nitrogens with two attached hydrogens (primary N) is 1. The number of hydrogen-bond donors (Lipinski definition) is 1. The van der Waals surface area contributed by atoms with Crippen LogP contribution in [0.5, 0.6) is 0 Å². The summed E-state index contributed by atoms with van der Waals surface area (Å²) in [5.41, 5.74) is 5.41. The van der Waals surface area contributed by atoms with E-state index in [1.807, 2.05) is 0 Å². The van der Waals surface area contributed by atoms with Gasteiger partial charge in [0.1, 0.15) is 0 Å². The lowest BCUT2D eigenvalue weighted by atomic mass is 10.00. The molecule has 0 radical (unpaired) electrons. The first-order chi connectivity index (χ1) is 5.36. The highest BCUT2D eigenvalue weighted by molar-refractivity contribution is 4.72. The molecule has 66 valence electrons. The molecule has 3 heteroatoms. The molecule has 0 saturated carbocycles. The van der Waals surface area contributed by atoms with Gasteiger partial charge in [-0.05, 0) is 19.4 Å². The quantitative estimate of drug-likeness (QED) is 0.656. The summed E-state index contributed by atoms with van der Waals surface area (Å²) in [6, 6.07) is 0. The number of piperidine rings is 1. The highest BCUT2D eigenvalue weighted by atomic mass is 19.1. The van der Waals surface area contributed by atoms with E-state index in [2.05, 4.69) is 4.90 Å². The summed E-state index contributed by atoms with van der Waals surface area (Å²) in [6.45, 7) is 3.47. The molecule has 0 aliphatic carbocycles. The summed E-state index contributed by atoms with van der Waals surface area (Å²) in [5, 5.41) is 0. The standard InChI is InChI=1S/C8H17FN2/c9-6-8-2-1-4-11(7-8)5-3-10/h8H,1-7,10H2. The molecule has 1 aliphatic rings. The van der Waals surface area contributed by atoms with Gasteiger partial charge < -0.3 is 10.6 Å². The van der Waals surface area contributed by atoms with E-state index in [4.69, 9.17) is 5.73 Å². The fraction of sp³-hybridized carbons (Fsp3) is 1.00. The van der Waals surface area contributed by atoms with Crippen LogP contribution in [-0.4, -0.2) is 37.8 Å². The minimum Gasteiger partial charge on any atom is -0.329 e. The minimum atomic E-state index is -0.166. The molecule has 0 aromatic rings. The van der Waals surface area contributed by atoms with Gasteiger partial charge in [0.2, 0.25) is 0 Å². The lowest BCUT2D eigenvalue weighted by Gasteiger charge is -2.30. The summed E-state index contributed by atoms with van der Waals surface area (Å²) in [7, 11) is 0. The maximum Gasteiger partial charge on any atom is 0.0934 e. The van der Waals surface area contributed by atoms with E-state index in [9.17, 15) is 4.39 Å². The molecule has 1 saturated heterocycles. The Hall–Kier alpha value is -0.150. The van der Waals surface area contributed by atoms with Gasteiger partial charge in [-0.25, -0.2) is 0 Å². The van der Waals surface area contributed by atoms with Crippen molar-refractivity contribution in [3.8, 4) is 0 Å². The second-order valence-corrected chi connectivity index (χ2v) is 3.25. The molecule has 1 rings (SSSR count). The largest absolute Gasteiger partial charge is 0.329 e. The van der Waals surface area contributed by atoms with Gasteiger partial charge in [-0.1, -0.05) is 0 Å². The zero-order valence-corrected chi connectivity index (χ0v) is 6.93. The van der Waals surface area contributed by atoms with Crippen molar-refractivity contribution >= 4 is 0 Å². The molecule has 0 bridgehead atoms. The van der Waals surface area contributed by atoms with Gasteiger partial charge in [0, 0.05) is 25.6 Å². The molecule has 1 atom stereocenters. The molecule has 1 fully saturated rings. The number of nitrogens with zero attached hydrogens (tertiary/aromatic N) is 1. The number of likely N-dealkylation sites (tertiary alicyclic amines) is 1. The molecule has 2 N–H and O–H groups in total. The normalized spacial score (nSPS) is 27.3. The highest BCUT2D eigenvalue weighted by Crippen LogP contribution is 2.15. The predicted octanol–water partition coefficient (Wildman–Crippen LogP) is 0.627. The van der Waals surface area contributed by atoms with E-state index in [1.54, 1.807) is 0 Å². The van der Waals surface area contributed by atoms with E-state index in [1.165, 1.54) is 0 Å². The third kappa shape index (κ3) is 2.75. The number of alkyl halides is 1. The third-order valence-electron chi connectivity index (χ3n) is 2.27. The second-order valence-electron chi connectivity index (χ2n) is 3.25. The Morgan fingerprint density at radius 1 is 1.55 bits per heavy atom. The van der Waals surface area contributed by atoms with Gasteiger partial charge in [0.15, 0.2) is 0 Å². The second kappa shape index (κ2) is 4.67. The first-order valence-corrected chi connectivity index (χ1v) is 4.35. The fourth-order valence-electron chi connectivity index (χ4n) is 1.66. The summed E-state index contributed by atoms with van der Waals surface area (Å²) >= 11 is 0. The Morgan fingerprint density at radius 2 is 2.36 bits per heavy atom. The van der Waals surface area contributed by atoms with E-state index in [0.717, 1.165) is 32.5 Å². The number of halogens is 1. The molecular weight excluding hydrogens is 143 g/mol. The summed E-state index contributed by atoms with van der Waals surface area (Å²) in [5.74, 6) is 0.273. The van der Waals surface area contributed by atoms with Crippen LogP contribution in [0.3, 0.4) is 0 Å². The Kier molecular flexibility index (Phi) is 3.80. The smallest absolute Gasteiger partial charge is 0.0934 e. The van der Waals surface area contributed by atoms with Crippen molar-refractivity contribution in [2.45, 2.75) is 12.8 Å². The maximum atomic E-state index is 12.2. The van der Waals surface area contributed by atoms with E-state index >= 15 is 0 Å². The van der Waals surface area contributed by atoms with Gasteiger partial charge >= 0.3 is 0 Å². The molecule has 11 heavy (non-hydrogen) atoms. The topological polar surface area (TPSA) is 29.3 Å². The van der Waals surface area contributed by atoms with Crippen LogP contribution in [0.2, 0.25) is 0 Å². The molecule has 0 amide bonds. The van der Waals surface area contributed by atoms with Gasteiger partial charge in [-0.3, -0.25) is 4.39 Å². The number of hydrogen-bond acceptors (Lipinski definition) is 2. The monoisotopic (exact) mass is 160 g/mol. The summed E-state index contributed by atoms with van der Waals surface area (Å²) in [6.07, 6.45) is 2.19. The molecule has 1 aliphatic heterocycles. The van der Waals surface area contributed by atoms with Crippen LogP contribution in [0, 0.1) is 5.92 Å².